The van der Waals surface area contributed by atoms with Crippen molar-refractivity contribution in [1.82, 2.24) is 4.90 Å². The summed E-state index contributed by atoms with van der Waals surface area (Å²) in [5.41, 5.74) is 2.23. The van der Waals surface area contributed by atoms with Crippen LogP contribution in [0.15, 0.2) is 28.9 Å². The van der Waals surface area contributed by atoms with Crippen molar-refractivity contribution in [2.24, 2.45) is 0 Å². The summed E-state index contributed by atoms with van der Waals surface area (Å²) < 4.78 is 5.43. The van der Waals surface area contributed by atoms with Crippen LogP contribution in [0.5, 0.6) is 0 Å². The smallest absolute Gasteiger partial charge is 0.323 e. The van der Waals surface area contributed by atoms with E-state index in [9.17, 15) is 9.59 Å². The third-order valence-electron chi connectivity index (χ3n) is 3.83. The number of aliphatic carboxylic acids is 1. The summed E-state index contributed by atoms with van der Waals surface area (Å²) in [4.78, 5) is 25.0. The van der Waals surface area contributed by atoms with Gasteiger partial charge in [0.2, 0.25) is 0 Å². The van der Waals surface area contributed by atoms with Gasteiger partial charge in [-0.3, -0.25) is 9.59 Å². The highest BCUT2D eigenvalue weighted by atomic mass is 16.4. The van der Waals surface area contributed by atoms with Crippen LogP contribution in [0, 0.1) is 0 Å². The van der Waals surface area contributed by atoms with Gasteiger partial charge < -0.3 is 14.4 Å². The Balaban J connectivity index is 1.97. The first-order valence-corrected chi connectivity index (χ1v) is 7.13. The van der Waals surface area contributed by atoms with Crippen molar-refractivity contribution in [3.8, 4) is 0 Å². The summed E-state index contributed by atoms with van der Waals surface area (Å²) in [6.07, 6.45) is 4.05. The molecule has 1 amide bonds. The molecule has 1 saturated carbocycles. The van der Waals surface area contributed by atoms with Crippen molar-refractivity contribution in [2.75, 3.05) is 6.54 Å². The Morgan fingerprint density at radius 3 is 2.76 bits per heavy atom. The Morgan fingerprint density at radius 2 is 2.14 bits per heavy atom. The number of benzene rings is 1. The number of carboxylic acid groups (broad SMARTS) is 1. The zero-order valence-electron chi connectivity index (χ0n) is 11.8. The lowest BCUT2D eigenvalue weighted by Gasteiger charge is -2.19. The van der Waals surface area contributed by atoms with Crippen molar-refractivity contribution in [1.29, 1.82) is 0 Å². The van der Waals surface area contributed by atoms with Crippen LogP contribution >= 0.6 is 0 Å². The predicted molar refractivity (Wildman–Crippen MR) is 77.3 cm³/mol. The first kappa shape index (κ1) is 13.7. The molecule has 0 unspecified atom stereocenters. The van der Waals surface area contributed by atoms with Gasteiger partial charge in [-0.05, 0) is 37.0 Å². The number of carboxylic acids is 1. The van der Waals surface area contributed by atoms with Crippen molar-refractivity contribution >= 4 is 22.8 Å². The van der Waals surface area contributed by atoms with Crippen LogP contribution in [0.3, 0.4) is 0 Å². The van der Waals surface area contributed by atoms with E-state index in [2.05, 4.69) is 0 Å². The van der Waals surface area contributed by atoms with Crippen LogP contribution in [-0.4, -0.2) is 34.5 Å². The van der Waals surface area contributed by atoms with Crippen LogP contribution in [0.4, 0.5) is 0 Å². The Bertz CT molecular complexity index is 699. The molecule has 5 heteroatoms. The minimum Gasteiger partial charge on any atom is -0.480 e. The third kappa shape index (κ3) is 2.63. The molecule has 1 N–H and O–H groups in total. The molecular formula is C16H17NO4. The average Bonchev–Trinajstić information content (AvgIpc) is 3.22. The van der Waals surface area contributed by atoms with Gasteiger partial charge in [-0.15, -0.1) is 0 Å². The normalized spacial score (nSPS) is 14.3. The number of nitrogens with zero attached hydrogens (tertiary/aromatic N) is 1. The van der Waals surface area contributed by atoms with Crippen LogP contribution in [-0.2, 0) is 11.2 Å². The second-order valence-corrected chi connectivity index (χ2v) is 5.39. The van der Waals surface area contributed by atoms with Crippen LogP contribution in [0.25, 0.3) is 11.0 Å². The van der Waals surface area contributed by atoms with Gasteiger partial charge in [0.1, 0.15) is 18.4 Å². The van der Waals surface area contributed by atoms with Crippen LogP contribution in [0.1, 0.15) is 35.7 Å². The van der Waals surface area contributed by atoms with E-state index in [0.29, 0.717) is 11.1 Å². The van der Waals surface area contributed by atoms with Gasteiger partial charge in [0.05, 0.1) is 5.56 Å². The minimum absolute atomic E-state index is 0.0490. The predicted octanol–water partition coefficient (Wildman–Crippen LogP) is 2.68. The van der Waals surface area contributed by atoms with Gasteiger partial charge in [-0.1, -0.05) is 13.0 Å². The molecular weight excluding hydrogens is 270 g/mol. The molecule has 0 saturated heterocycles. The van der Waals surface area contributed by atoms with Crippen molar-refractivity contribution < 1.29 is 19.1 Å². The SMILES string of the molecule is CCc1ccc2occ(C(=O)N(CC(=O)O)C3CC3)c2c1. The highest BCUT2D eigenvalue weighted by Gasteiger charge is 2.35. The number of fused-ring (bicyclic) bond motifs is 1. The zero-order valence-corrected chi connectivity index (χ0v) is 11.8. The van der Waals surface area contributed by atoms with Gasteiger partial charge in [-0.25, -0.2) is 0 Å². The van der Waals surface area contributed by atoms with Gasteiger partial charge in [0, 0.05) is 11.4 Å². The molecule has 110 valence electrons. The molecule has 2 aromatic rings. The summed E-state index contributed by atoms with van der Waals surface area (Å²) in [7, 11) is 0. The first-order chi connectivity index (χ1) is 10.1. The molecule has 21 heavy (non-hydrogen) atoms. The number of aryl methyl sites for hydroxylation is 1. The summed E-state index contributed by atoms with van der Waals surface area (Å²) in [6, 6.07) is 5.81. The van der Waals surface area contributed by atoms with E-state index in [1.165, 1.54) is 11.2 Å². The summed E-state index contributed by atoms with van der Waals surface area (Å²) in [6.45, 7) is 1.79. The highest BCUT2D eigenvalue weighted by molar-refractivity contribution is 6.07. The summed E-state index contributed by atoms with van der Waals surface area (Å²) in [5.74, 6) is -1.25. The minimum atomic E-state index is -0.989. The molecule has 1 aromatic heterocycles. The van der Waals surface area contributed by atoms with Crippen molar-refractivity contribution in [3.05, 3.63) is 35.6 Å². The van der Waals surface area contributed by atoms with Gasteiger partial charge in [0.25, 0.3) is 5.91 Å². The van der Waals surface area contributed by atoms with E-state index in [0.717, 1.165) is 30.2 Å². The Labute approximate surface area is 122 Å². The molecule has 0 atom stereocenters. The molecule has 0 aliphatic heterocycles. The topological polar surface area (TPSA) is 70.8 Å². The number of hydrogen-bond donors (Lipinski definition) is 1. The molecule has 5 nitrogen and oxygen atoms in total. The van der Waals surface area contributed by atoms with E-state index in [-0.39, 0.29) is 18.5 Å². The fraction of sp³-hybridized carbons (Fsp3) is 0.375. The second-order valence-electron chi connectivity index (χ2n) is 5.39. The molecule has 3 rings (SSSR count). The molecule has 0 spiro atoms. The lowest BCUT2D eigenvalue weighted by atomic mass is 10.1. The standard InChI is InChI=1S/C16H17NO4/c1-2-10-3-6-14-12(7-10)13(9-21-14)16(20)17(8-15(18)19)11-4-5-11/h3,6-7,9,11H,2,4-5,8H2,1H3,(H,18,19). The third-order valence-corrected chi connectivity index (χ3v) is 3.83. The summed E-state index contributed by atoms with van der Waals surface area (Å²) >= 11 is 0. The second kappa shape index (κ2) is 5.24. The Hall–Kier alpha value is -2.30. The molecule has 1 aromatic carbocycles. The monoisotopic (exact) mass is 287 g/mol. The fourth-order valence-electron chi connectivity index (χ4n) is 2.52. The maximum atomic E-state index is 12.6. The maximum Gasteiger partial charge on any atom is 0.323 e. The number of hydrogen-bond acceptors (Lipinski definition) is 3. The zero-order chi connectivity index (χ0) is 15.0. The van der Waals surface area contributed by atoms with Gasteiger partial charge >= 0.3 is 5.97 Å². The lowest BCUT2D eigenvalue weighted by Crippen LogP contribution is -2.37. The van der Waals surface area contributed by atoms with E-state index in [4.69, 9.17) is 9.52 Å². The van der Waals surface area contributed by atoms with Gasteiger partial charge in [0.15, 0.2) is 0 Å². The van der Waals surface area contributed by atoms with E-state index in [1.54, 1.807) is 0 Å². The van der Waals surface area contributed by atoms with E-state index in [1.807, 2.05) is 25.1 Å². The Kier molecular flexibility index (Phi) is 3.41. The molecule has 1 heterocycles. The molecule has 1 fully saturated rings. The maximum absolute atomic E-state index is 12.6. The van der Waals surface area contributed by atoms with Gasteiger partial charge in [-0.2, -0.15) is 0 Å². The number of amides is 1. The largest absolute Gasteiger partial charge is 0.480 e. The number of carbonyl (C=O) groups excluding carboxylic acids is 1. The average molecular weight is 287 g/mol. The molecule has 1 aliphatic carbocycles. The first-order valence-electron chi connectivity index (χ1n) is 7.13. The number of rotatable bonds is 5. The molecule has 0 radical (unpaired) electrons. The van der Waals surface area contributed by atoms with Crippen molar-refractivity contribution in [3.63, 3.8) is 0 Å². The Morgan fingerprint density at radius 1 is 1.38 bits per heavy atom. The molecule has 0 bridgehead atoms. The van der Waals surface area contributed by atoms with E-state index < -0.39 is 5.97 Å². The number of carbonyl (C=O) groups is 2. The fourth-order valence-corrected chi connectivity index (χ4v) is 2.52. The van der Waals surface area contributed by atoms with Crippen LogP contribution < -0.4 is 0 Å². The quantitative estimate of drug-likeness (QED) is 0.917. The summed E-state index contributed by atoms with van der Waals surface area (Å²) in [5, 5.41) is 9.74. The van der Waals surface area contributed by atoms with Crippen LogP contribution in [0.2, 0.25) is 0 Å². The van der Waals surface area contributed by atoms with E-state index >= 15 is 0 Å². The number of furan rings is 1. The lowest BCUT2D eigenvalue weighted by molar-refractivity contribution is -0.137. The highest BCUT2D eigenvalue weighted by Crippen LogP contribution is 2.30. The molecule has 1 aliphatic rings. The van der Waals surface area contributed by atoms with Crippen molar-refractivity contribution in [2.45, 2.75) is 32.2 Å².